The number of ether oxygens (including phenoxy) is 1. The lowest BCUT2D eigenvalue weighted by Crippen LogP contribution is -2.23. The summed E-state index contributed by atoms with van der Waals surface area (Å²) in [6.07, 6.45) is 1.89. The lowest BCUT2D eigenvalue weighted by atomic mass is 10.0. The summed E-state index contributed by atoms with van der Waals surface area (Å²) >= 11 is 2.23. The van der Waals surface area contributed by atoms with Gasteiger partial charge in [-0.05, 0) is 26.3 Å². The van der Waals surface area contributed by atoms with E-state index in [2.05, 4.69) is 54.6 Å². The first kappa shape index (κ1) is 16.0. The minimum absolute atomic E-state index is 0.121. The molecule has 2 N–H and O–H groups in total. The fraction of sp³-hybridized carbons (Fsp3) is 0.400. The Balaban J connectivity index is 2.74. The quantitative estimate of drug-likeness (QED) is 0.374. The van der Waals surface area contributed by atoms with Crippen LogP contribution in [0.4, 0.5) is 0 Å². The maximum Gasteiger partial charge on any atom is 0.335 e. The average Bonchev–Trinajstić information content (AvgIpc) is 2.35. The Morgan fingerprint density at radius 2 is 1.95 bits per heavy atom. The van der Waals surface area contributed by atoms with Crippen LogP contribution in [-0.2, 0) is 16.0 Å². The molecule has 0 aliphatic rings. The molecule has 3 nitrogen and oxygen atoms in total. The molecule has 0 fully saturated rings. The van der Waals surface area contributed by atoms with E-state index in [0.29, 0.717) is 5.57 Å². The monoisotopic (exact) mass is 373 g/mol. The molecule has 104 valence electrons. The molecule has 0 radical (unpaired) electrons. The first-order chi connectivity index (χ1) is 8.96. The molecular formula is C15H20INO2. The zero-order valence-corrected chi connectivity index (χ0v) is 13.7. The number of rotatable bonds is 5. The molecule has 0 saturated carbocycles. The van der Waals surface area contributed by atoms with Crippen molar-refractivity contribution >= 4 is 28.6 Å². The number of halogens is 1. The van der Waals surface area contributed by atoms with Crippen LogP contribution in [0.1, 0.15) is 23.6 Å². The number of alkyl halides is 1. The van der Waals surface area contributed by atoms with Crippen molar-refractivity contribution in [1.82, 2.24) is 0 Å². The second-order valence-electron chi connectivity index (χ2n) is 4.73. The molecule has 1 rings (SSSR count). The largest absolute Gasteiger partial charge is 0.458 e. The van der Waals surface area contributed by atoms with E-state index in [9.17, 15) is 4.79 Å². The van der Waals surface area contributed by atoms with Crippen molar-refractivity contribution in [2.45, 2.75) is 33.3 Å². The number of aryl methyl sites for hydroxylation is 2. The summed E-state index contributed by atoms with van der Waals surface area (Å²) in [5.41, 5.74) is 9.41. The maximum atomic E-state index is 11.7. The van der Waals surface area contributed by atoms with Crippen molar-refractivity contribution in [2.24, 2.45) is 5.73 Å². The van der Waals surface area contributed by atoms with Crippen LogP contribution in [0.2, 0.25) is 0 Å². The van der Waals surface area contributed by atoms with Crippen LogP contribution in [0.25, 0.3) is 0 Å². The Kier molecular flexibility index (Phi) is 6.34. The number of hydrogen-bond donors (Lipinski definition) is 1. The predicted molar refractivity (Wildman–Crippen MR) is 86.3 cm³/mol. The highest BCUT2D eigenvalue weighted by molar-refractivity contribution is 14.1. The third-order valence-corrected chi connectivity index (χ3v) is 3.75. The molecule has 4 heteroatoms. The molecule has 0 aliphatic heterocycles. The normalized spacial score (nSPS) is 13.2. The van der Waals surface area contributed by atoms with Gasteiger partial charge in [-0.15, -0.1) is 0 Å². The van der Waals surface area contributed by atoms with Crippen molar-refractivity contribution in [1.29, 1.82) is 0 Å². The lowest BCUT2D eigenvalue weighted by Gasteiger charge is -2.16. The van der Waals surface area contributed by atoms with Gasteiger partial charge in [-0.2, -0.15) is 0 Å². The minimum atomic E-state index is -0.339. The molecule has 0 amide bonds. The average molecular weight is 373 g/mol. The number of esters is 1. The Morgan fingerprint density at radius 1 is 1.37 bits per heavy atom. The van der Waals surface area contributed by atoms with Gasteiger partial charge >= 0.3 is 5.97 Å². The second kappa shape index (κ2) is 7.53. The topological polar surface area (TPSA) is 52.3 Å². The van der Waals surface area contributed by atoms with Crippen molar-refractivity contribution in [2.75, 3.05) is 4.43 Å². The van der Waals surface area contributed by atoms with Gasteiger partial charge in [-0.1, -0.05) is 51.9 Å². The van der Waals surface area contributed by atoms with E-state index in [4.69, 9.17) is 10.5 Å². The first-order valence-corrected chi connectivity index (χ1v) is 7.71. The van der Waals surface area contributed by atoms with Crippen LogP contribution in [0.5, 0.6) is 0 Å². The summed E-state index contributed by atoms with van der Waals surface area (Å²) in [6.45, 7) is 5.80. The van der Waals surface area contributed by atoms with Crippen LogP contribution in [0.15, 0.2) is 30.0 Å². The van der Waals surface area contributed by atoms with Gasteiger partial charge in [0.1, 0.15) is 6.10 Å². The van der Waals surface area contributed by atoms with Crippen LogP contribution in [0, 0.1) is 13.8 Å². The third-order valence-electron chi connectivity index (χ3n) is 2.76. The van der Waals surface area contributed by atoms with Crippen molar-refractivity contribution < 1.29 is 9.53 Å². The van der Waals surface area contributed by atoms with Crippen LogP contribution in [0.3, 0.4) is 0 Å². The molecule has 1 aromatic carbocycles. The summed E-state index contributed by atoms with van der Waals surface area (Å²) in [4.78, 5) is 11.7. The van der Waals surface area contributed by atoms with Gasteiger partial charge in [-0.3, -0.25) is 0 Å². The van der Waals surface area contributed by atoms with Gasteiger partial charge in [0.05, 0.1) is 0 Å². The Hall–Kier alpha value is -1.04. The van der Waals surface area contributed by atoms with Gasteiger partial charge in [0.15, 0.2) is 0 Å². The Labute approximate surface area is 128 Å². The smallest absolute Gasteiger partial charge is 0.335 e. The predicted octanol–water partition coefficient (Wildman–Crippen LogP) is 3.06. The Bertz CT molecular complexity index is 463. The molecule has 1 atom stereocenters. The highest BCUT2D eigenvalue weighted by Crippen LogP contribution is 2.14. The minimum Gasteiger partial charge on any atom is -0.458 e. The molecule has 0 bridgehead atoms. The van der Waals surface area contributed by atoms with E-state index in [1.54, 1.807) is 6.92 Å². The molecular weight excluding hydrogens is 353 g/mol. The lowest BCUT2D eigenvalue weighted by molar-refractivity contribution is -0.142. The van der Waals surface area contributed by atoms with E-state index in [1.807, 2.05) is 0 Å². The molecule has 0 spiro atoms. The summed E-state index contributed by atoms with van der Waals surface area (Å²) in [7, 11) is 0. The van der Waals surface area contributed by atoms with E-state index >= 15 is 0 Å². The standard InChI is InChI=1S/C15H20INO2/c1-10-4-11(2)6-13(5-10)7-14(8-16)19-15(18)12(3)9-17/h4-6,9,14H,7-8,17H2,1-3H3/b12-9+. The van der Waals surface area contributed by atoms with E-state index in [1.165, 1.54) is 22.9 Å². The molecule has 1 unspecified atom stereocenters. The molecule has 0 heterocycles. The van der Waals surface area contributed by atoms with E-state index < -0.39 is 0 Å². The summed E-state index contributed by atoms with van der Waals surface area (Å²) < 4.78 is 6.20. The van der Waals surface area contributed by atoms with Gasteiger partial charge < -0.3 is 10.5 Å². The van der Waals surface area contributed by atoms with Gasteiger partial charge in [-0.25, -0.2) is 4.79 Å². The second-order valence-corrected chi connectivity index (χ2v) is 5.61. The SMILES string of the molecule is C/C(=C\N)C(=O)OC(CI)Cc1cc(C)cc(C)c1. The maximum absolute atomic E-state index is 11.7. The number of nitrogens with two attached hydrogens (primary N) is 1. The number of carbonyl (C=O) groups excluding carboxylic acids is 1. The van der Waals surface area contributed by atoms with Crippen LogP contribution in [-0.4, -0.2) is 16.5 Å². The van der Waals surface area contributed by atoms with Crippen molar-refractivity contribution in [3.05, 3.63) is 46.7 Å². The molecule has 1 aromatic rings. The summed E-state index contributed by atoms with van der Waals surface area (Å²) in [5.74, 6) is -0.339. The van der Waals surface area contributed by atoms with Crippen molar-refractivity contribution in [3.63, 3.8) is 0 Å². The van der Waals surface area contributed by atoms with Gasteiger partial charge in [0.2, 0.25) is 0 Å². The summed E-state index contributed by atoms with van der Waals surface area (Å²) in [5, 5.41) is 0. The highest BCUT2D eigenvalue weighted by atomic mass is 127. The molecule has 0 aliphatic carbocycles. The fourth-order valence-electron chi connectivity index (χ4n) is 1.89. The molecule has 19 heavy (non-hydrogen) atoms. The highest BCUT2D eigenvalue weighted by Gasteiger charge is 2.15. The fourth-order valence-corrected chi connectivity index (χ4v) is 2.38. The van der Waals surface area contributed by atoms with E-state index in [0.717, 1.165) is 10.8 Å². The van der Waals surface area contributed by atoms with Gasteiger partial charge in [0.25, 0.3) is 0 Å². The number of hydrogen-bond acceptors (Lipinski definition) is 3. The number of benzene rings is 1. The summed E-state index contributed by atoms with van der Waals surface area (Å²) in [6, 6.07) is 6.40. The number of carbonyl (C=O) groups is 1. The third kappa shape index (κ3) is 5.22. The van der Waals surface area contributed by atoms with Gasteiger partial charge in [0, 0.05) is 22.6 Å². The molecule has 0 aromatic heterocycles. The van der Waals surface area contributed by atoms with Crippen LogP contribution < -0.4 is 5.73 Å². The first-order valence-electron chi connectivity index (χ1n) is 6.19. The van der Waals surface area contributed by atoms with Crippen LogP contribution >= 0.6 is 22.6 Å². The Morgan fingerprint density at radius 3 is 2.42 bits per heavy atom. The zero-order valence-electron chi connectivity index (χ0n) is 11.6. The van der Waals surface area contributed by atoms with Crippen molar-refractivity contribution in [3.8, 4) is 0 Å². The molecule has 0 saturated heterocycles. The van der Waals surface area contributed by atoms with E-state index in [-0.39, 0.29) is 12.1 Å². The zero-order chi connectivity index (χ0) is 14.4.